The Morgan fingerprint density at radius 3 is 2.80 bits per heavy atom. The number of ether oxygens (including phenoxy) is 2. The van der Waals surface area contributed by atoms with Crippen LogP contribution in [0.5, 0.6) is 0 Å². The molecule has 2 aliphatic heterocycles. The molecule has 2 rings (SSSR count). The topological polar surface area (TPSA) is 72.9 Å². The molecule has 0 spiro atoms. The van der Waals surface area contributed by atoms with Gasteiger partial charge in [-0.2, -0.15) is 0 Å². The number of sulfonamides is 1. The molecule has 0 aromatic rings. The third-order valence-electron chi connectivity index (χ3n) is 3.82. The van der Waals surface area contributed by atoms with Gasteiger partial charge >= 0.3 is 5.97 Å². The Labute approximate surface area is 120 Å². The minimum Gasteiger partial charge on any atom is -0.466 e. The van der Waals surface area contributed by atoms with Crippen LogP contribution in [0.1, 0.15) is 32.6 Å². The largest absolute Gasteiger partial charge is 0.466 e. The van der Waals surface area contributed by atoms with Gasteiger partial charge in [0.25, 0.3) is 0 Å². The van der Waals surface area contributed by atoms with Gasteiger partial charge in [0, 0.05) is 19.7 Å². The molecule has 6 nitrogen and oxygen atoms in total. The lowest BCUT2D eigenvalue weighted by Crippen LogP contribution is -2.45. The molecule has 116 valence electrons. The second-order valence-corrected chi connectivity index (χ2v) is 7.38. The lowest BCUT2D eigenvalue weighted by molar-refractivity contribution is -0.149. The van der Waals surface area contributed by atoms with Gasteiger partial charge in [0.05, 0.1) is 24.4 Å². The third kappa shape index (κ3) is 3.93. The number of hydrogen-bond acceptors (Lipinski definition) is 5. The Kier molecular flexibility index (Phi) is 5.40. The highest BCUT2D eigenvalue weighted by atomic mass is 32.2. The molecule has 0 saturated carbocycles. The molecule has 2 aliphatic rings. The predicted molar refractivity (Wildman–Crippen MR) is 73.7 cm³/mol. The standard InChI is InChI=1S/C13H23NO5S/c1-2-18-13(15)11-5-3-7-14(9-11)20(16,17)10-12-6-4-8-19-12/h11-12H,2-10H2,1H3/t11-,12?/m1/s1. The van der Waals surface area contributed by atoms with Crippen molar-refractivity contribution in [2.75, 3.05) is 32.1 Å². The maximum absolute atomic E-state index is 12.4. The molecular weight excluding hydrogens is 282 g/mol. The van der Waals surface area contributed by atoms with Crippen molar-refractivity contribution >= 4 is 16.0 Å². The Morgan fingerprint density at radius 1 is 1.35 bits per heavy atom. The van der Waals surface area contributed by atoms with E-state index in [1.54, 1.807) is 6.92 Å². The van der Waals surface area contributed by atoms with Gasteiger partial charge in [-0.25, -0.2) is 12.7 Å². The Hall–Kier alpha value is -0.660. The van der Waals surface area contributed by atoms with Crippen LogP contribution in [0.2, 0.25) is 0 Å². The molecule has 0 bridgehead atoms. The van der Waals surface area contributed by atoms with Gasteiger partial charge in [0.15, 0.2) is 0 Å². The summed E-state index contributed by atoms with van der Waals surface area (Å²) in [4.78, 5) is 11.7. The first-order valence-electron chi connectivity index (χ1n) is 7.29. The van der Waals surface area contributed by atoms with Crippen molar-refractivity contribution in [3.8, 4) is 0 Å². The van der Waals surface area contributed by atoms with E-state index < -0.39 is 10.0 Å². The summed E-state index contributed by atoms with van der Waals surface area (Å²) in [6.07, 6.45) is 2.93. The number of nitrogens with zero attached hydrogens (tertiary/aromatic N) is 1. The van der Waals surface area contributed by atoms with Crippen LogP contribution in [0.4, 0.5) is 0 Å². The second kappa shape index (κ2) is 6.87. The summed E-state index contributed by atoms with van der Waals surface area (Å²) in [6, 6.07) is 0. The van der Waals surface area contributed by atoms with Crippen LogP contribution in [-0.2, 0) is 24.3 Å². The van der Waals surface area contributed by atoms with Crippen LogP contribution < -0.4 is 0 Å². The maximum Gasteiger partial charge on any atom is 0.310 e. The van der Waals surface area contributed by atoms with Crippen LogP contribution in [-0.4, -0.2) is 56.9 Å². The zero-order valence-electron chi connectivity index (χ0n) is 11.9. The normalized spacial score (nSPS) is 28.4. The van der Waals surface area contributed by atoms with E-state index in [0.29, 0.717) is 32.6 Å². The second-order valence-electron chi connectivity index (χ2n) is 5.36. The third-order valence-corrected chi connectivity index (χ3v) is 5.73. The van der Waals surface area contributed by atoms with Gasteiger partial charge in [-0.15, -0.1) is 0 Å². The van der Waals surface area contributed by atoms with E-state index in [9.17, 15) is 13.2 Å². The first-order valence-corrected chi connectivity index (χ1v) is 8.90. The quantitative estimate of drug-likeness (QED) is 0.702. The van der Waals surface area contributed by atoms with Crippen molar-refractivity contribution in [1.29, 1.82) is 0 Å². The molecule has 0 aliphatic carbocycles. The van der Waals surface area contributed by atoms with Crippen molar-refractivity contribution in [2.45, 2.75) is 38.7 Å². The monoisotopic (exact) mass is 305 g/mol. The predicted octanol–water partition coefficient (Wildman–Crippen LogP) is 0.770. The molecule has 0 amide bonds. The molecule has 2 atom stereocenters. The number of carbonyl (C=O) groups excluding carboxylic acids is 1. The van der Waals surface area contributed by atoms with Gasteiger partial charge < -0.3 is 9.47 Å². The summed E-state index contributed by atoms with van der Waals surface area (Å²) in [6.45, 7) is 3.47. The molecule has 0 aromatic carbocycles. The summed E-state index contributed by atoms with van der Waals surface area (Å²) in [5.74, 6) is -0.588. The zero-order valence-corrected chi connectivity index (χ0v) is 12.7. The average Bonchev–Trinajstić information content (AvgIpc) is 2.91. The molecule has 2 heterocycles. The minimum atomic E-state index is -3.35. The van der Waals surface area contributed by atoms with Crippen molar-refractivity contribution in [3.63, 3.8) is 0 Å². The first-order chi connectivity index (χ1) is 9.53. The van der Waals surface area contributed by atoms with Gasteiger partial charge in [0.1, 0.15) is 0 Å². The van der Waals surface area contributed by atoms with Crippen LogP contribution in [0, 0.1) is 5.92 Å². The Balaban J connectivity index is 1.94. The smallest absolute Gasteiger partial charge is 0.310 e. The molecule has 0 N–H and O–H groups in total. The minimum absolute atomic E-state index is 0.0303. The van der Waals surface area contributed by atoms with Crippen LogP contribution in [0.25, 0.3) is 0 Å². The fourth-order valence-corrected chi connectivity index (χ4v) is 4.52. The molecule has 2 saturated heterocycles. The van der Waals surface area contributed by atoms with Gasteiger partial charge in [0.2, 0.25) is 10.0 Å². The van der Waals surface area contributed by atoms with E-state index in [1.165, 1.54) is 4.31 Å². The van der Waals surface area contributed by atoms with Crippen molar-refractivity contribution in [2.24, 2.45) is 5.92 Å². The average molecular weight is 305 g/mol. The summed E-state index contributed by atoms with van der Waals surface area (Å²) in [5.41, 5.74) is 0. The van der Waals surface area contributed by atoms with E-state index in [1.807, 2.05) is 0 Å². The highest BCUT2D eigenvalue weighted by Gasteiger charge is 2.35. The van der Waals surface area contributed by atoms with Crippen LogP contribution in [0.3, 0.4) is 0 Å². The van der Waals surface area contributed by atoms with Crippen LogP contribution >= 0.6 is 0 Å². The van der Waals surface area contributed by atoms with Crippen molar-refractivity contribution in [1.82, 2.24) is 4.31 Å². The number of carbonyl (C=O) groups is 1. The molecule has 0 aromatic heterocycles. The highest BCUT2D eigenvalue weighted by Crippen LogP contribution is 2.23. The van der Waals surface area contributed by atoms with Crippen molar-refractivity contribution < 1.29 is 22.7 Å². The molecule has 0 radical (unpaired) electrons. The molecule has 1 unspecified atom stereocenters. The van der Waals surface area contributed by atoms with E-state index in [0.717, 1.165) is 12.8 Å². The lowest BCUT2D eigenvalue weighted by atomic mass is 10.0. The Morgan fingerprint density at radius 2 is 2.15 bits per heavy atom. The summed E-state index contributed by atoms with van der Waals surface area (Å²) in [7, 11) is -3.35. The Bertz CT molecular complexity index is 430. The number of piperidine rings is 1. The highest BCUT2D eigenvalue weighted by molar-refractivity contribution is 7.89. The lowest BCUT2D eigenvalue weighted by Gasteiger charge is -2.31. The van der Waals surface area contributed by atoms with Gasteiger partial charge in [-0.05, 0) is 32.6 Å². The number of hydrogen-bond donors (Lipinski definition) is 0. The van der Waals surface area contributed by atoms with Crippen molar-refractivity contribution in [3.05, 3.63) is 0 Å². The molecular formula is C13H23NO5S. The fourth-order valence-electron chi connectivity index (χ4n) is 2.76. The molecule has 2 fully saturated rings. The number of rotatable bonds is 5. The number of esters is 1. The first kappa shape index (κ1) is 15.7. The van der Waals surface area contributed by atoms with E-state index >= 15 is 0 Å². The molecule has 20 heavy (non-hydrogen) atoms. The van der Waals surface area contributed by atoms with E-state index in [-0.39, 0.29) is 30.3 Å². The van der Waals surface area contributed by atoms with Gasteiger partial charge in [-0.3, -0.25) is 4.79 Å². The summed E-state index contributed by atoms with van der Waals surface area (Å²) in [5, 5.41) is 0. The summed E-state index contributed by atoms with van der Waals surface area (Å²) >= 11 is 0. The fraction of sp³-hybridized carbons (Fsp3) is 0.923. The maximum atomic E-state index is 12.4. The van der Waals surface area contributed by atoms with E-state index in [4.69, 9.17) is 9.47 Å². The zero-order chi connectivity index (χ0) is 14.6. The van der Waals surface area contributed by atoms with Crippen LogP contribution in [0.15, 0.2) is 0 Å². The van der Waals surface area contributed by atoms with E-state index in [2.05, 4.69) is 0 Å². The SMILES string of the molecule is CCOC(=O)[C@@H]1CCCN(S(=O)(=O)CC2CCCO2)C1. The molecule has 7 heteroatoms. The summed E-state index contributed by atoms with van der Waals surface area (Å²) < 4.78 is 36.5. The van der Waals surface area contributed by atoms with Gasteiger partial charge in [-0.1, -0.05) is 0 Å².